The van der Waals surface area contributed by atoms with Crippen molar-refractivity contribution in [1.82, 2.24) is 14.9 Å². The third-order valence-electron chi connectivity index (χ3n) is 5.24. The van der Waals surface area contributed by atoms with E-state index in [9.17, 15) is 9.59 Å². The summed E-state index contributed by atoms with van der Waals surface area (Å²) in [6.45, 7) is 6.59. The summed E-state index contributed by atoms with van der Waals surface area (Å²) in [6, 6.07) is 14.2. The van der Waals surface area contributed by atoms with Gasteiger partial charge in [-0.1, -0.05) is 47.0 Å². The van der Waals surface area contributed by atoms with Gasteiger partial charge in [0.05, 0.1) is 17.8 Å². The summed E-state index contributed by atoms with van der Waals surface area (Å²) >= 11 is 3.48. The fraction of sp³-hybridized carbons (Fsp3) is 0.286. The molecule has 0 saturated carbocycles. The molecule has 0 aliphatic heterocycles. The van der Waals surface area contributed by atoms with Crippen LogP contribution in [0.25, 0.3) is 22.2 Å². The number of hydrogen-bond donors (Lipinski definition) is 2. The maximum absolute atomic E-state index is 9.55. The Morgan fingerprint density at radius 2 is 1.68 bits per heavy atom. The topological polar surface area (TPSA) is 113 Å². The quantitative estimate of drug-likeness (QED) is 0.150. The number of aromatic nitrogens is 2. The van der Waals surface area contributed by atoms with Crippen molar-refractivity contribution in [3.63, 3.8) is 0 Å². The molecule has 196 valence electrons. The van der Waals surface area contributed by atoms with Crippen molar-refractivity contribution in [2.24, 2.45) is 0 Å². The molecule has 0 aliphatic rings. The van der Waals surface area contributed by atoms with Gasteiger partial charge in [0.2, 0.25) is 0 Å². The van der Waals surface area contributed by atoms with Crippen LogP contribution in [0.5, 0.6) is 5.75 Å². The smallest absolute Gasteiger partial charge is 0.328 e. The van der Waals surface area contributed by atoms with Crippen molar-refractivity contribution in [2.75, 3.05) is 26.7 Å². The SMILES string of the molecule is C=CCN(C)CCCCCCOc1ccc2c(-c3ccc(Br)cc3)ncnc2c1.O=C(O)/C=C/C(=O)O. The molecule has 1 aromatic heterocycles. The van der Waals surface area contributed by atoms with Crippen LogP contribution in [-0.2, 0) is 9.59 Å². The standard InChI is InChI=1S/C24H28BrN3O.C4H4O4/c1-3-14-28(2)15-6-4-5-7-16-29-21-12-13-22-23(17-21)26-18-27-24(22)19-8-10-20(25)11-9-19;5-3(6)1-2-4(7)8/h3,8-13,17-18H,1,4-7,14-16H2,2H3;1-2H,(H,5,6)(H,7,8)/b;2-1+. The molecule has 0 aliphatic carbocycles. The van der Waals surface area contributed by atoms with Crippen LogP contribution in [0.3, 0.4) is 0 Å². The van der Waals surface area contributed by atoms with Crippen LogP contribution in [0.15, 0.2) is 78.1 Å². The number of halogens is 1. The van der Waals surface area contributed by atoms with E-state index < -0.39 is 11.9 Å². The van der Waals surface area contributed by atoms with E-state index in [-0.39, 0.29) is 0 Å². The Labute approximate surface area is 225 Å². The number of nitrogens with zero attached hydrogens (tertiary/aromatic N) is 3. The lowest BCUT2D eigenvalue weighted by Crippen LogP contribution is -2.19. The minimum absolute atomic E-state index is 0.558. The minimum atomic E-state index is -1.26. The van der Waals surface area contributed by atoms with Crippen molar-refractivity contribution < 1.29 is 24.5 Å². The summed E-state index contributed by atoms with van der Waals surface area (Å²) in [5.41, 5.74) is 2.92. The molecule has 2 aromatic carbocycles. The van der Waals surface area contributed by atoms with E-state index in [2.05, 4.69) is 62.6 Å². The van der Waals surface area contributed by atoms with Crippen molar-refractivity contribution in [3.8, 4) is 17.0 Å². The summed E-state index contributed by atoms with van der Waals surface area (Å²) in [5.74, 6) is -1.65. The molecule has 3 aromatic rings. The first-order valence-electron chi connectivity index (χ1n) is 11.9. The highest BCUT2D eigenvalue weighted by atomic mass is 79.9. The second-order valence-electron chi connectivity index (χ2n) is 8.23. The zero-order chi connectivity index (χ0) is 27.0. The molecule has 0 unspecified atom stereocenters. The number of benzene rings is 2. The average Bonchev–Trinajstić information content (AvgIpc) is 2.87. The van der Waals surface area contributed by atoms with Crippen molar-refractivity contribution in [1.29, 1.82) is 0 Å². The number of carbonyl (C=O) groups is 2. The molecule has 37 heavy (non-hydrogen) atoms. The lowest BCUT2D eigenvalue weighted by molar-refractivity contribution is -0.134. The van der Waals surface area contributed by atoms with Gasteiger partial charge in [-0.2, -0.15) is 0 Å². The van der Waals surface area contributed by atoms with Crippen LogP contribution in [0.4, 0.5) is 0 Å². The fourth-order valence-corrected chi connectivity index (χ4v) is 3.71. The molecule has 0 bridgehead atoms. The first kappa shape index (κ1) is 29.7. The predicted octanol–water partition coefficient (Wildman–Crippen LogP) is 5.83. The van der Waals surface area contributed by atoms with E-state index in [1.807, 2.05) is 30.3 Å². The Balaban J connectivity index is 0.000000521. The number of carboxylic acids is 2. The van der Waals surface area contributed by atoms with Crippen molar-refractivity contribution in [3.05, 3.63) is 78.1 Å². The Hall–Kier alpha value is -3.56. The predicted molar refractivity (Wildman–Crippen MR) is 149 cm³/mol. The third kappa shape index (κ3) is 11.4. The lowest BCUT2D eigenvalue weighted by atomic mass is 10.1. The van der Waals surface area contributed by atoms with Gasteiger partial charge in [-0.25, -0.2) is 19.6 Å². The summed E-state index contributed by atoms with van der Waals surface area (Å²) in [5, 5.41) is 16.7. The van der Waals surface area contributed by atoms with Gasteiger partial charge in [-0.15, -0.1) is 6.58 Å². The molecule has 0 saturated heterocycles. The van der Waals surface area contributed by atoms with Crippen LogP contribution in [0, 0.1) is 0 Å². The monoisotopic (exact) mass is 569 g/mol. The highest BCUT2D eigenvalue weighted by Gasteiger charge is 2.08. The number of fused-ring (bicyclic) bond motifs is 1. The van der Waals surface area contributed by atoms with Crippen molar-refractivity contribution in [2.45, 2.75) is 25.7 Å². The molecule has 0 radical (unpaired) electrons. The lowest BCUT2D eigenvalue weighted by Gasteiger charge is -2.13. The van der Waals surface area contributed by atoms with Gasteiger partial charge in [0.15, 0.2) is 0 Å². The minimum Gasteiger partial charge on any atom is -0.494 e. The zero-order valence-corrected chi connectivity index (χ0v) is 22.4. The molecule has 0 fully saturated rings. The van der Waals surface area contributed by atoms with E-state index in [0.717, 1.165) is 58.5 Å². The van der Waals surface area contributed by atoms with E-state index in [1.54, 1.807) is 6.33 Å². The van der Waals surface area contributed by atoms with Crippen LogP contribution in [0.1, 0.15) is 25.7 Å². The normalized spacial score (nSPS) is 10.8. The number of likely N-dealkylation sites (N-methyl/N-ethyl adjacent to an activating group) is 1. The number of unbranched alkanes of at least 4 members (excludes halogenated alkanes) is 3. The van der Waals surface area contributed by atoms with Gasteiger partial charge >= 0.3 is 11.9 Å². The largest absolute Gasteiger partial charge is 0.494 e. The van der Waals surface area contributed by atoms with Crippen LogP contribution in [-0.4, -0.2) is 63.8 Å². The Bertz CT molecular complexity index is 1180. The number of ether oxygens (including phenoxy) is 1. The van der Waals surface area contributed by atoms with Gasteiger partial charge in [0.25, 0.3) is 0 Å². The van der Waals surface area contributed by atoms with Gasteiger partial charge < -0.3 is 19.8 Å². The Kier molecular flexibility index (Phi) is 13.0. The second kappa shape index (κ2) is 16.2. The molecule has 0 atom stereocenters. The van der Waals surface area contributed by atoms with Crippen LogP contribution >= 0.6 is 15.9 Å². The summed E-state index contributed by atoms with van der Waals surface area (Å²) < 4.78 is 7.01. The highest BCUT2D eigenvalue weighted by molar-refractivity contribution is 9.10. The van der Waals surface area contributed by atoms with Gasteiger partial charge in [-0.05, 0) is 50.7 Å². The summed E-state index contributed by atoms with van der Waals surface area (Å²) in [4.78, 5) is 30.3. The summed E-state index contributed by atoms with van der Waals surface area (Å²) in [6.07, 6.45) is 9.38. The average molecular weight is 570 g/mol. The molecule has 0 amide bonds. The molecule has 9 heteroatoms. The van der Waals surface area contributed by atoms with Gasteiger partial charge in [0.1, 0.15) is 12.1 Å². The number of carboxylic acid groups (broad SMARTS) is 2. The maximum atomic E-state index is 9.55. The van der Waals surface area contributed by atoms with Crippen molar-refractivity contribution >= 4 is 38.8 Å². The van der Waals surface area contributed by atoms with E-state index >= 15 is 0 Å². The van der Waals surface area contributed by atoms with Gasteiger partial charge in [-0.3, -0.25) is 0 Å². The number of rotatable bonds is 13. The van der Waals surface area contributed by atoms with E-state index in [4.69, 9.17) is 14.9 Å². The molecular formula is C28H32BrN3O5. The van der Waals surface area contributed by atoms with Crippen LogP contribution in [0.2, 0.25) is 0 Å². The Morgan fingerprint density at radius 1 is 1.00 bits per heavy atom. The molecule has 1 heterocycles. The molecule has 8 nitrogen and oxygen atoms in total. The van der Waals surface area contributed by atoms with E-state index in [0.29, 0.717) is 12.2 Å². The first-order chi connectivity index (χ1) is 17.8. The summed E-state index contributed by atoms with van der Waals surface area (Å²) in [7, 11) is 2.14. The maximum Gasteiger partial charge on any atom is 0.328 e. The molecule has 0 spiro atoms. The first-order valence-corrected chi connectivity index (χ1v) is 12.7. The molecule has 2 N–H and O–H groups in total. The third-order valence-corrected chi connectivity index (χ3v) is 5.77. The molecular weight excluding hydrogens is 538 g/mol. The second-order valence-corrected chi connectivity index (χ2v) is 9.15. The number of aliphatic carboxylic acids is 2. The van der Waals surface area contributed by atoms with Gasteiger partial charge in [0, 0.05) is 40.2 Å². The zero-order valence-electron chi connectivity index (χ0n) is 20.8. The molecule has 3 rings (SSSR count). The number of hydrogen-bond acceptors (Lipinski definition) is 6. The highest BCUT2D eigenvalue weighted by Crippen LogP contribution is 2.28. The van der Waals surface area contributed by atoms with E-state index in [1.165, 1.54) is 19.3 Å². The Morgan fingerprint density at radius 3 is 2.32 bits per heavy atom. The van der Waals surface area contributed by atoms with Crippen LogP contribution < -0.4 is 4.74 Å². The fourth-order valence-electron chi connectivity index (χ4n) is 3.45.